The quantitative estimate of drug-likeness (QED) is 0.612. The molecule has 1 aliphatic carbocycles. The number of hydrogen-bond donors (Lipinski definition) is 0. The van der Waals surface area contributed by atoms with Crippen molar-refractivity contribution in [3.8, 4) is 5.75 Å². The summed E-state index contributed by atoms with van der Waals surface area (Å²) in [7, 11) is 0. The van der Waals surface area contributed by atoms with Gasteiger partial charge in [-0.15, -0.1) is 0 Å². The van der Waals surface area contributed by atoms with E-state index in [1.54, 1.807) is 18.2 Å². The highest BCUT2D eigenvalue weighted by molar-refractivity contribution is 9.10. The van der Waals surface area contributed by atoms with Crippen LogP contribution < -0.4 is 4.74 Å². The number of amides is 1. The molecule has 2 fully saturated rings. The smallest absolute Gasteiger partial charge is 0.422 e. The first-order valence-corrected chi connectivity index (χ1v) is 10.4. The summed E-state index contributed by atoms with van der Waals surface area (Å²) in [6, 6.07) is 5.13. The van der Waals surface area contributed by atoms with Gasteiger partial charge in [0.15, 0.2) is 6.61 Å². The van der Waals surface area contributed by atoms with Gasteiger partial charge in [0.2, 0.25) is 0 Å². The van der Waals surface area contributed by atoms with Crippen molar-refractivity contribution in [3.05, 3.63) is 28.2 Å². The second-order valence-corrected chi connectivity index (χ2v) is 9.64. The zero-order valence-corrected chi connectivity index (χ0v) is 18.4. The maximum absolute atomic E-state index is 12.6. The van der Waals surface area contributed by atoms with Gasteiger partial charge in [0, 0.05) is 36.2 Å². The fourth-order valence-electron chi connectivity index (χ4n) is 3.56. The summed E-state index contributed by atoms with van der Waals surface area (Å²) >= 11 is 3.28. The number of carbonyl (C=O) groups excluding carboxylic acids is 1. The van der Waals surface area contributed by atoms with Crippen molar-refractivity contribution in [1.82, 2.24) is 9.80 Å². The first-order valence-electron chi connectivity index (χ1n) is 9.58. The highest BCUT2D eigenvalue weighted by Crippen LogP contribution is 2.45. The van der Waals surface area contributed by atoms with E-state index in [9.17, 15) is 18.0 Å². The lowest BCUT2D eigenvalue weighted by atomic mass is 10.1. The predicted molar refractivity (Wildman–Crippen MR) is 106 cm³/mol. The largest absolute Gasteiger partial charge is 0.484 e. The molecule has 29 heavy (non-hydrogen) atoms. The van der Waals surface area contributed by atoms with E-state index >= 15 is 0 Å². The van der Waals surface area contributed by atoms with Gasteiger partial charge in [-0.1, -0.05) is 22.0 Å². The number of piperazine rings is 1. The monoisotopic (exact) mass is 478 g/mol. The SMILES string of the molecule is CC(C)(C)OC(=O)N1CCN(Cc2ccc(Br)cc2OCC(F)(F)F)CC12CC2. The summed E-state index contributed by atoms with van der Waals surface area (Å²) in [4.78, 5) is 16.5. The average Bonchev–Trinajstić information content (AvgIpc) is 3.32. The zero-order valence-electron chi connectivity index (χ0n) is 16.8. The summed E-state index contributed by atoms with van der Waals surface area (Å²) in [6.07, 6.45) is -2.88. The van der Waals surface area contributed by atoms with Crippen molar-refractivity contribution in [3.63, 3.8) is 0 Å². The lowest BCUT2D eigenvalue weighted by Crippen LogP contribution is -2.57. The lowest BCUT2D eigenvalue weighted by Gasteiger charge is -2.42. The van der Waals surface area contributed by atoms with Crippen LogP contribution in [0.15, 0.2) is 22.7 Å². The van der Waals surface area contributed by atoms with Crippen LogP contribution in [0.2, 0.25) is 0 Å². The number of nitrogens with zero attached hydrogens (tertiary/aromatic N) is 2. The van der Waals surface area contributed by atoms with E-state index < -0.39 is 18.4 Å². The fourth-order valence-corrected chi connectivity index (χ4v) is 3.90. The molecule has 9 heteroatoms. The molecule has 1 saturated heterocycles. The van der Waals surface area contributed by atoms with Gasteiger partial charge in [0.25, 0.3) is 0 Å². The van der Waals surface area contributed by atoms with Crippen LogP contribution in [0, 0.1) is 0 Å². The molecule has 2 aliphatic rings. The van der Waals surface area contributed by atoms with Gasteiger partial charge in [0.1, 0.15) is 11.4 Å². The van der Waals surface area contributed by atoms with E-state index in [0.29, 0.717) is 36.2 Å². The summed E-state index contributed by atoms with van der Waals surface area (Å²) < 4.78 is 49.0. The molecule has 1 heterocycles. The molecule has 1 amide bonds. The molecule has 0 aromatic heterocycles. The Morgan fingerprint density at radius 2 is 1.90 bits per heavy atom. The number of halogens is 4. The Bertz CT molecular complexity index is 760. The van der Waals surface area contributed by atoms with Crippen molar-refractivity contribution >= 4 is 22.0 Å². The summed E-state index contributed by atoms with van der Waals surface area (Å²) in [6.45, 7) is 6.49. The molecule has 0 atom stereocenters. The third kappa shape index (κ3) is 6.01. The van der Waals surface area contributed by atoms with E-state index in [1.807, 2.05) is 25.7 Å². The van der Waals surface area contributed by atoms with Crippen molar-refractivity contribution in [2.45, 2.75) is 57.5 Å². The van der Waals surface area contributed by atoms with Gasteiger partial charge < -0.3 is 9.47 Å². The van der Waals surface area contributed by atoms with Crippen molar-refractivity contribution < 1.29 is 27.4 Å². The first-order chi connectivity index (χ1) is 13.4. The Hall–Kier alpha value is -1.48. The van der Waals surface area contributed by atoms with Crippen LogP contribution in [0.3, 0.4) is 0 Å². The van der Waals surface area contributed by atoms with Crippen molar-refractivity contribution in [2.75, 3.05) is 26.2 Å². The van der Waals surface area contributed by atoms with Gasteiger partial charge >= 0.3 is 12.3 Å². The molecular weight excluding hydrogens is 453 g/mol. The topological polar surface area (TPSA) is 42.0 Å². The molecule has 0 unspecified atom stereocenters. The van der Waals surface area contributed by atoms with Gasteiger partial charge in [-0.2, -0.15) is 13.2 Å². The van der Waals surface area contributed by atoms with E-state index in [-0.39, 0.29) is 17.4 Å². The standard InChI is InChI=1S/C20H26BrF3N2O3/c1-18(2,3)29-17(27)26-9-8-25(12-19(26)6-7-19)11-14-4-5-15(21)10-16(14)28-13-20(22,23)24/h4-5,10H,6-9,11-13H2,1-3H3. The lowest BCUT2D eigenvalue weighted by molar-refractivity contribution is -0.153. The van der Waals surface area contributed by atoms with E-state index in [4.69, 9.17) is 9.47 Å². The third-order valence-corrected chi connectivity index (χ3v) is 5.48. The van der Waals surface area contributed by atoms with Gasteiger partial charge in [0.05, 0.1) is 5.54 Å². The maximum atomic E-state index is 12.6. The number of hydrogen-bond acceptors (Lipinski definition) is 4. The molecular formula is C20H26BrF3N2O3. The molecule has 1 saturated carbocycles. The maximum Gasteiger partial charge on any atom is 0.422 e. The van der Waals surface area contributed by atoms with Gasteiger partial charge in [-0.3, -0.25) is 9.80 Å². The molecule has 1 aromatic carbocycles. The molecule has 0 bridgehead atoms. The minimum atomic E-state index is -4.39. The van der Waals surface area contributed by atoms with Crippen LogP contribution in [0.25, 0.3) is 0 Å². The Kier molecular flexibility index (Phi) is 6.11. The minimum Gasteiger partial charge on any atom is -0.484 e. The Morgan fingerprint density at radius 3 is 2.48 bits per heavy atom. The van der Waals surface area contributed by atoms with Gasteiger partial charge in [-0.25, -0.2) is 4.79 Å². The van der Waals surface area contributed by atoms with E-state index in [2.05, 4.69) is 20.8 Å². The zero-order chi connectivity index (χ0) is 21.4. The minimum absolute atomic E-state index is 0.219. The average molecular weight is 479 g/mol. The van der Waals surface area contributed by atoms with E-state index in [1.165, 1.54) is 0 Å². The molecule has 1 aliphatic heterocycles. The van der Waals surface area contributed by atoms with Crippen LogP contribution in [0.5, 0.6) is 5.75 Å². The van der Waals surface area contributed by atoms with Crippen molar-refractivity contribution in [2.24, 2.45) is 0 Å². The van der Waals surface area contributed by atoms with E-state index in [0.717, 1.165) is 12.8 Å². The van der Waals surface area contributed by atoms with Crippen LogP contribution in [0.4, 0.5) is 18.0 Å². The molecule has 3 rings (SSSR count). The normalized spacial score (nSPS) is 19.3. The Labute approximate surface area is 177 Å². The molecule has 5 nitrogen and oxygen atoms in total. The fraction of sp³-hybridized carbons (Fsp3) is 0.650. The second-order valence-electron chi connectivity index (χ2n) is 8.72. The van der Waals surface area contributed by atoms with Crippen LogP contribution >= 0.6 is 15.9 Å². The number of ether oxygens (including phenoxy) is 2. The summed E-state index contributed by atoms with van der Waals surface area (Å²) in [5.74, 6) is 0.219. The number of benzene rings is 1. The number of alkyl halides is 3. The first kappa shape index (κ1) is 22.2. The summed E-state index contributed by atoms with van der Waals surface area (Å²) in [5.41, 5.74) is -0.0889. The second kappa shape index (κ2) is 7.98. The molecule has 162 valence electrons. The summed E-state index contributed by atoms with van der Waals surface area (Å²) in [5, 5.41) is 0. The third-order valence-electron chi connectivity index (χ3n) is 4.99. The highest BCUT2D eigenvalue weighted by Gasteiger charge is 2.54. The predicted octanol–water partition coefficient (Wildman–Crippen LogP) is 4.98. The number of carbonyl (C=O) groups is 1. The van der Waals surface area contributed by atoms with Crippen LogP contribution in [0.1, 0.15) is 39.2 Å². The van der Waals surface area contributed by atoms with Crippen molar-refractivity contribution in [1.29, 1.82) is 0 Å². The molecule has 1 aromatic rings. The van der Waals surface area contributed by atoms with Crippen LogP contribution in [-0.2, 0) is 11.3 Å². The molecule has 0 radical (unpaired) electrons. The number of rotatable bonds is 4. The van der Waals surface area contributed by atoms with Crippen LogP contribution in [-0.4, -0.2) is 59.5 Å². The molecule has 0 N–H and O–H groups in total. The Balaban J connectivity index is 1.67. The Morgan fingerprint density at radius 1 is 1.21 bits per heavy atom. The highest BCUT2D eigenvalue weighted by atomic mass is 79.9. The molecule has 1 spiro atoms. The van der Waals surface area contributed by atoms with Gasteiger partial charge in [-0.05, 0) is 45.7 Å².